The van der Waals surface area contributed by atoms with Crippen molar-refractivity contribution in [3.05, 3.63) is 12.2 Å². The zero-order valence-electron chi connectivity index (χ0n) is 9.28. The molecule has 2 aromatic rings. The van der Waals surface area contributed by atoms with Gasteiger partial charge in [0.15, 0.2) is 11.5 Å². The molecule has 0 bridgehead atoms. The second kappa shape index (κ2) is 4.41. The van der Waals surface area contributed by atoms with Crippen molar-refractivity contribution in [3.63, 3.8) is 0 Å². The van der Waals surface area contributed by atoms with Gasteiger partial charge in [-0.05, 0) is 6.92 Å². The first-order valence-electron chi connectivity index (χ1n) is 5.07. The van der Waals surface area contributed by atoms with E-state index in [0.717, 1.165) is 0 Å². The lowest BCUT2D eigenvalue weighted by Crippen LogP contribution is -2.22. The molecule has 0 aliphatic rings. The Hall–Kier alpha value is -1.90. The number of imidazole rings is 1. The van der Waals surface area contributed by atoms with Gasteiger partial charge >= 0.3 is 6.18 Å². The molecule has 9 heteroatoms. The number of aliphatic hydroxyl groups is 1. The van der Waals surface area contributed by atoms with Gasteiger partial charge in [0.25, 0.3) is 0 Å². The molecular formula is C9H10F3N5O. The Labute approximate surface area is 99.3 Å². The summed E-state index contributed by atoms with van der Waals surface area (Å²) in [6.45, 7) is 1.37. The average molecular weight is 261 g/mol. The number of anilines is 1. The summed E-state index contributed by atoms with van der Waals surface area (Å²) in [7, 11) is 0. The highest BCUT2D eigenvalue weighted by atomic mass is 19.4. The zero-order chi connectivity index (χ0) is 13.3. The molecule has 0 radical (unpaired) electrons. The van der Waals surface area contributed by atoms with Crippen LogP contribution in [0.25, 0.3) is 11.2 Å². The van der Waals surface area contributed by atoms with Gasteiger partial charge in [-0.2, -0.15) is 13.2 Å². The van der Waals surface area contributed by atoms with E-state index in [1.54, 1.807) is 6.92 Å². The first-order chi connectivity index (χ1) is 8.41. The van der Waals surface area contributed by atoms with Gasteiger partial charge in [-0.25, -0.2) is 15.0 Å². The number of rotatable bonds is 3. The highest BCUT2D eigenvalue weighted by Gasteiger charge is 2.36. The molecule has 18 heavy (non-hydrogen) atoms. The third-order valence-corrected chi connectivity index (χ3v) is 2.20. The fourth-order valence-corrected chi connectivity index (χ4v) is 1.34. The highest BCUT2D eigenvalue weighted by Crippen LogP contribution is 2.29. The molecule has 2 aromatic heterocycles. The van der Waals surface area contributed by atoms with Gasteiger partial charge in [0.1, 0.15) is 5.52 Å². The van der Waals surface area contributed by atoms with Crippen LogP contribution in [0.5, 0.6) is 0 Å². The molecule has 0 aliphatic heterocycles. The summed E-state index contributed by atoms with van der Waals surface area (Å²) in [4.78, 5) is 13.0. The van der Waals surface area contributed by atoms with Crippen molar-refractivity contribution >= 4 is 17.0 Å². The van der Waals surface area contributed by atoms with Crippen LogP contribution < -0.4 is 5.32 Å². The van der Waals surface area contributed by atoms with Crippen LogP contribution in [-0.2, 0) is 6.18 Å². The van der Waals surface area contributed by atoms with Crippen molar-refractivity contribution in [3.8, 4) is 0 Å². The Morgan fingerprint density at radius 3 is 2.78 bits per heavy atom. The minimum atomic E-state index is -4.65. The molecule has 2 rings (SSSR count). The first kappa shape index (κ1) is 12.6. The summed E-state index contributed by atoms with van der Waals surface area (Å²) in [6.07, 6.45) is -3.42. The van der Waals surface area contributed by atoms with E-state index in [0.29, 0.717) is 0 Å². The number of halogens is 3. The second-order valence-corrected chi connectivity index (χ2v) is 3.72. The van der Waals surface area contributed by atoms with E-state index in [4.69, 9.17) is 5.11 Å². The third kappa shape index (κ3) is 2.35. The number of H-pyrrole nitrogens is 1. The van der Waals surface area contributed by atoms with Crippen molar-refractivity contribution < 1.29 is 18.3 Å². The number of nitrogens with one attached hydrogen (secondary N) is 2. The van der Waals surface area contributed by atoms with E-state index >= 15 is 0 Å². The Balaban J connectivity index is 2.52. The minimum absolute atomic E-state index is 0.0358. The minimum Gasteiger partial charge on any atom is -0.394 e. The highest BCUT2D eigenvalue weighted by molar-refractivity contribution is 5.82. The van der Waals surface area contributed by atoms with E-state index in [-0.39, 0.29) is 23.6 Å². The van der Waals surface area contributed by atoms with Crippen LogP contribution in [0.15, 0.2) is 6.33 Å². The lowest BCUT2D eigenvalue weighted by Gasteiger charge is -2.13. The van der Waals surface area contributed by atoms with Crippen molar-refractivity contribution in [2.24, 2.45) is 0 Å². The maximum absolute atomic E-state index is 12.6. The lowest BCUT2D eigenvalue weighted by atomic mass is 10.3. The van der Waals surface area contributed by atoms with Gasteiger partial charge in [-0.3, -0.25) is 0 Å². The largest absolute Gasteiger partial charge is 0.451 e. The number of hydrogen-bond donors (Lipinski definition) is 3. The fourth-order valence-electron chi connectivity index (χ4n) is 1.34. The van der Waals surface area contributed by atoms with E-state index in [1.807, 2.05) is 0 Å². The number of alkyl halides is 3. The summed E-state index contributed by atoms with van der Waals surface area (Å²) < 4.78 is 37.7. The van der Waals surface area contributed by atoms with E-state index in [1.165, 1.54) is 6.33 Å². The van der Waals surface area contributed by atoms with Gasteiger partial charge < -0.3 is 15.4 Å². The molecule has 1 atom stereocenters. The van der Waals surface area contributed by atoms with E-state index in [9.17, 15) is 13.2 Å². The summed E-state index contributed by atoms with van der Waals surface area (Å²) in [5, 5.41) is 11.6. The summed E-state index contributed by atoms with van der Waals surface area (Å²) in [5.41, 5.74) is 0.188. The molecule has 0 amide bonds. The van der Waals surface area contributed by atoms with Crippen molar-refractivity contribution in [2.45, 2.75) is 19.1 Å². The summed E-state index contributed by atoms with van der Waals surface area (Å²) >= 11 is 0. The first-order valence-corrected chi connectivity index (χ1v) is 5.07. The zero-order valence-corrected chi connectivity index (χ0v) is 9.28. The fraction of sp³-hybridized carbons (Fsp3) is 0.444. The maximum Gasteiger partial charge on any atom is 0.451 e. The lowest BCUT2D eigenvalue weighted by molar-refractivity contribution is -0.144. The number of nitrogens with zero attached hydrogens (tertiary/aromatic N) is 3. The Morgan fingerprint density at radius 2 is 2.17 bits per heavy atom. The monoisotopic (exact) mass is 261 g/mol. The standard InChI is InChI=1S/C9H10F3N5O/c1-4(2-18)15-7-5-6(14-3-13-5)16-8(17-7)9(10,11)12/h3-4,18H,2H2,1H3,(H2,13,14,15,16,17)/t4-/m0/s1. The molecule has 6 nitrogen and oxygen atoms in total. The number of hydrogen-bond acceptors (Lipinski definition) is 5. The van der Waals surface area contributed by atoms with E-state index < -0.39 is 18.0 Å². The topological polar surface area (TPSA) is 86.7 Å². The maximum atomic E-state index is 12.6. The molecule has 0 spiro atoms. The van der Waals surface area contributed by atoms with Gasteiger partial charge in [0.05, 0.1) is 12.9 Å². The number of fused-ring (bicyclic) bond motifs is 1. The Bertz CT molecular complexity index is 553. The van der Waals surface area contributed by atoms with Crippen molar-refractivity contribution in [2.75, 3.05) is 11.9 Å². The Kier molecular flexibility index (Phi) is 3.07. The van der Waals surface area contributed by atoms with Crippen molar-refractivity contribution in [1.29, 1.82) is 0 Å². The molecule has 0 unspecified atom stereocenters. The SMILES string of the molecule is C[C@@H](CO)Nc1nc(C(F)(F)F)nc2nc[nH]c12. The van der Waals surface area contributed by atoms with Gasteiger partial charge in [-0.1, -0.05) is 0 Å². The normalized spacial score (nSPS) is 13.8. The Morgan fingerprint density at radius 1 is 1.44 bits per heavy atom. The smallest absolute Gasteiger partial charge is 0.394 e. The third-order valence-electron chi connectivity index (χ3n) is 2.20. The molecule has 98 valence electrons. The molecule has 3 N–H and O–H groups in total. The van der Waals surface area contributed by atoms with Crippen LogP contribution in [0.3, 0.4) is 0 Å². The van der Waals surface area contributed by atoms with Gasteiger partial charge in [-0.15, -0.1) is 0 Å². The second-order valence-electron chi connectivity index (χ2n) is 3.72. The molecule has 0 saturated heterocycles. The molecule has 0 fully saturated rings. The molecule has 2 heterocycles. The molecule has 0 aliphatic carbocycles. The van der Waals surface area contributed by atoms with Crippen molar-refractivity contribution in [1.82, 2.24) is 19.9 Å². The number of aliphatic hydroxyl groups excluding tert-OH is 1. The van der Waals surface area contributed by atoms with Crippen LogP contribution >= 0.6 is 0 Å². The predicted molar refractivity (Wildman–Crippen MR) is 56.9 cm³/mol. The van der Waals surface area contributed by atoms with Crippen LogP contribution in [0.4, 0.5) is 19.0 Å². The van der Waals surface area contributed by atoms with Gasteiger partial charge in [0, 0.05) is 6.04 Å². The van der Waals surface area contributed by atoms with Crippen LogP contribution in [0.1, 0.15) is 12.7 Å². The van der Waals surface area contributed by atoms with Gasteiger partial charge in [0.2, 0.25) is 5.82 Å². The predicted octanol–water partition coefficient (Wildman–Crippen LogP) is 1.16. The number of aromatic amines is 1. The van der Waals surface area contributed by atoms with Crippen LogP contribution in [0.2, 0.25) is 0 Å². The molecular weight excluding hydrogens is 251 g/mol. The quantitative estimate of drug-likeness (QED) is 0.772. The molecule has 0 saturated carbocycles. The number of aromatic nitrogens is 4. The summed E-state index contributed by atoms with van der Waals surface area (Å²) in [5.74, 6) is -1.30. The molecule has 0 aromatic carbocycles. The van der Waals surface area contributed by atoms with Crippen LogP contribution in [-0.4, -0.2) is 37.7 Å². The average Bonchev–Trinajstić information content (AvgIpc) is 2.75. The van der Waals surface area contributed by atoms with Crippen LogP contribution in [0, 0.1) is 0 Å². The van der Waals surface area contributed by atoms with E-state index in [2.05, 4.69) is 25.3 Å². The summed E-state index contributed by atoms with van der Waals surface area (Å²) in [6, 6.07) is -0.438.